The molecule has 0 aliphatic carbocycles. The third-order valence-corrected chi connectivity index (χ3v) is 7.42. The number of amides is 1. The lowest BCUT2D eigenvalue weighted by atomic mass is 10.2. The van der Waals surface area contributed by atoms with E-state index in [1.807, 2.05) is 74.5 Å². The first-order chi connectivity index (χ1) is 19.6. The highest BCUT2D eigenvalue weighted by Gasteiger charge is 2.21. The van der Waals surface area contributed by atoms with Gasteiger partial charge in [0.25, 0.3) is 0 Å². The number of benzene rings is 3. The quantitative estimate of drug-likeness (QED) is 0.243. The average molecular weight is 563 g/mol. The Morgan fingerprint density at radius 3 is 2.45 bits per heavy atom. The molecule has 1 aliphatic heterocycles. The summed E-state index contributed by atoms with van der Waals surface area (Å²) in [5.41, 5.74) is 4.29. The summed E-state index contributed by atoms with van der Waals surface area (Å²) in [6.07, 6.45) is 0. The van der Waals surface area contributed by atoms with Crippen LogP contribution < -0.4 is 24.4 Å². The second-order valence-electron chi connectivity index (χ2n) is 9.03. The molecule has 4 aromatic rings. The monoisotopic (exact) mass is 562 g/mol. The van der Waals surface area contributed by atoms with Crippen LogP contribution in [0, 0.1) is 0 Å². The van der Waals surface area contributed by atoms with Gasteiger partial charge in [-0.1, -0.05) is 23.9 Å². The first kappa shape index (κ1) is 27.7. The number of methoxy groups -OCH3 is 1. The largest absolute Gasteiger partial charge is 0.497 e. The first-order valence-corrected chi connectivity index (χ1v) is 14.4. The van der Waals surface area contributed by atoms with Gasteiger partial charge in [-0.25, -0.2) is 4.98 Å². The minimum atomic E-state index is -0.166. The molecule has 1 aliphatic rings. The molecule has 0 bridgehead atoms. The summed E-state index contributed by atoms with van der Waals surface area (Å²) in [7, 11) is 1.64. The number of carbonyl (C=O) groups excluding carboxylic acids is 1. The summed E-state index contributed by atoms with van der Waals surface area (Å²) in [5.74, 6) is 2.09. The molecule has 0 radical (unpaired) electrons. The van der Waals surface area contributed by atoms with Gasteiger partial charge in [0.2, 0.25) is 5.91 Å². The van der Waals surface area contributed by atoms with E-state index in [1.54, 1.807) is 7.11 Å². The molecule has 9 nitrogen and oxygen atoms in total. The zero-order valence-corrected chi connectivity index (χ0v) is 23.8. The summed E-state index contributed by atoms with van der Waals surface area (Å²) in [6.45, 7) is 7.71. The lowest BCUT2D eigenvalue weighted by Gasteiger charge is -2.31. The van der Waals surface area contributed by atoms with Gasteiger partial charge >= 0.3 is 0 Å². The predicted octanol–water partition coefficient (Wildman–Crippen LogP) is 5.40. The van der Waals surface area contributed by atoms with Gasteiger partial charge in [0.1, 0.15) is 17.2 Å². The van der Waals surface area contributed by atoms with Crippen molar-refractivity contribution >= 4 is 40.1 Å². The smallest absolute Gasteiger partial charge is 0.234 e. The molecular formula is C30H34N4O5S. The van der Waals surface area contributed by atoms with E-state index < -0.39 is 0 Å². The number of para-hydroxylation sites is 2. The van der Waals surface area contributed by atoms with Crippen molar-refractivity contribution in [3.8, 4) is 22.9 Å². The molecule has 0 spiro atoms. The summed E-state index contributed by atoms with van der Waals surface area (Å²) in [6, 6.07) is 19.5. The molecule has 1 aromatic heterocycles. The van der Waals surface area contributed by atoms with Crippen molar-refractivity contribution in [3.63, 3.8) is 0 Å². The van der Waals surface area contributed by atoms with Gasteiger partial charge < -0.3 is 29.2 Å². The molecule has 10 heteroatoms. The fourth-order valence-corrected chi connectivity index (χ4v) is 5.47. The lowest BCUT2D eigenvalue weighted by Crippen LogP contribution is -2.36. The molecule has 1 fully saturated rings. The van der Waals surface area contributed by atoms with E-state index in [-0.39, 0.29) is 11.7 Å². The van der Waals surface area contributed by atoms with Crippen LogP contribution in [0.1, 0.15) is 13.8 Å². The van der Waals surface area contributed by atoms with Crippen LogP contribution in [0.4, 0.5) is 11.4 Å². The Balaban J connectivity index is 1.38. The maximum atomic E-state index is 13.2. The highest BCUT2D eigenvalue weighted by atomic mass is 32.2. The average Bonchev–Trinajstić information content (AvgIpc) is 3.36. The number of anilines is 2. The van der Waals surface area contributed by atoms with Crippen molar-refractivity contribution in [3.05, 3.63) is 60.7 Å². The highest BCUT2D eigenvalue weighted by Crippen LogP contribution is 2.39. The normalized spacial score (nSPS) is 13.3. The Hall–Kier alpha value is -3.89. The van der Waals surface area contributed by atoms with Gasteiger partial charge in [-0.15, -0.1) is 0 Å². The number of morpholine rings is 1. The minimum Gasteiger partial charge on any atom is -0.497 e. The second-order valence-corrected chi connectivity index (χ2v) is 9.98. The number of carbonyl (C=O) groups is 1. The van der Waals surface area contributed by atoms with Crippen molar-refractivity contribution in [1.29, 1.82) is 0 Å². The van der Waals surface area contributed by atoms with E-state index in [1.165, 1.54) is 11.8 Å². The molecule has 210 valence electrons. The third-order valence-electron chi connectivity index (χ3n) is 6.48. The van der Waals surface area contributed by atoms with E-state index in [4.69, 9.17) is 23.9 Å². The van der Waals surface area contributed by atoms with Gasteiger partial charge in [0.05, 0.1) is 61.7 Å². The van der Waals surface area contributed by atoms with E-state index >= 15 is 0 Å². The molecular weight excluding hydrogens is 528 g/mol. The van der Waals surface area contributed by atoms with Gasteiger partial charge in [0.15, 0.2) is 5.16 Å². The third kappa shape index (κ3) is 6.13. The minimum absolute atomic E-state index is 0.166. The Morgan fingerprint density at radius 2 is 1.73 bits per heavy atom. The summed E-state index contributed by atoms with van der Waals surface area (Å²) < 4.78 is 24.8. The number of hydrogen-bond donors (Lipinski definition) is 1. The molecule has 0 unspecified atom stereocenters. The SMILES string of the molecule is CCOc1cc(N2CCOCC2)c(OCC)cc1NC(=O)CSc1nc2ccccc2n1-c1ccc(OC)cc1. The number of rotatable bonds is 11. The first-order valence-electron chi connectivity index (χ1n) is 13.4. The molecule has 40 heavy (non-hydrogen) atoms. The van der Waals surface area contributed by atoms with E-state index in [9.17, 15) is 4.79 Å². The maximum Gasteiger partial charge on any atom is 0.234 e. The van der Waals surface area contributed by atoms with Gasteiger partial charge in [0, 0.05) is 30.9 Å². The summed E-state index contributed by atoms with van der Waals surface area (Å²) in [4.78, 5) is 20.3. The summed E-state index contributed by atoms with van der Waals surface area (Å²) >= 11 is 1.38. The van der Waals surface area contributed by atoms with Crippen molar-refractivity contribution in [1.82, 2.24) is 9.55 Å². The van der Waals surface area contributed by atoms with Gasteiger partial charge in [-0.05, 0) is 50.2 Å². The van der Waals surface area contributed by atoms with Crippen LogP contribution in [0.15, 0.2) is 65.8 Å². The number of nitrogens with one attached hydrogen (secondary N) is 1. The van der Waals surface area contributed by atoms with Gasteiger partial charge in [-0.3, -0.25) is 9.36 Å². The molecule has 1 amide bonds. The van der Waals surface area contributed by atoms with Crippen molar-refractivity contribution in [2.75, 3.05) is 62.6 Å². The molecule has 0 saturated carbocycles. The molecule has 2 heterocycles. The van der Waals surface area contributed by atoms with Crippen LogP contribution in [0.25, 0.3) is 16.7 Å². The van der Waals surface area contributed by atoms with E-state index in [0.717, 1.165) is 46.4 Å². The van der Waals surface area contributed by atoms with Crippen LogP contribution in [0.3, 0.4) is 0 Å². The van der Waals surface area contributed by atoms with Crippen LogP contribution in [-0.2, 0) is 9.53 Å². The molecule has 1 N–H and O–H groups in total. The van der Waals surface area contributed by atoms with Crippen LogP contribution >= 0.6 is 11.8 Å². The molecule has 1 saturated heterocycles. The van der Waals surface area contributed by atoms with E-state index in [0.29, 0.717) is 43.6 Å². The fraction of sp³-hybridized carbons (Fsp3) is 0.333. The standard InChI is InChI=1S/C30H34N4O5S/c1-4-38-27-19-26(33-14-16-37-17-15-33)28(39-5-2)18-24(27)31-29(35)20-40-30-32-23-8-6-7-9-25(23)34(30)21-10-12-22(36-3)13-11-21/h6-13,18-19H,4-5,14-17,20H2,1-3H3,(H,31,35). The Morgan fingerprint density at radius 1 is 1.00 bits per heavy atom. The Labute approximate surface area is 238 Å². The Kier molecular flexibility index (Phi) is 8.98. The number of aromatic nitrogens is 2. The van der Waals surface area contributed by atoms with Crippen LogP contribution in [-0.4, -0.2) is 67.8 Å². The molecule has 3 aromatic carbocycles. The topological polar surface area (TPSA) is 87.1 Å². The van der Waals surface area contributed by atoms with Gasteiger partial charge in [-0.2, -0.15) is 0 Å². The zero-order valence-electron chi connectivity index (χ0n) is 23.0. The van der Waals surface area contributed by atoms with Crippen molar-refractivity contribution < 1.29 is 23.7 Å². The highest BCUT2D eigenvalue weighted by molar-refractivity contribution is 7.99. The van der Waals surface area contributed by atoms with Crippen LogP contribution in [0.5, 0.6) is 17.2 Å². The number of hydrogen-bond acceptors (Lipinski definition) is 8. The number of fused-ring (bicyclic) bond motifs is 1. The van der Waals surface area contributed by atoms with Crippen LogP contribution in [0.2, 0.25) is 0 Å². The molecule has 5 rings (SSSR count). The zero-order chi connectivity index (χ0) is 27.9. The number of thioether (sulfide) groups is 1. The fourth-order valence-electron chi connectivity index (χ4n) is 4.64. The predicted molar refractivity (Wildman–Crippen MR) is 159 cm³/mol. The summed E-state index contributed by atoms with van der Waals surface area (Å²) in [5, 5.41) is 3.77. The second kappa shape index (κ2) is 13.0. The number of nitrogens with zero attached hydrogens (tertiary/aromatic N) is 3. The van der Waals surface area contributed by atoms with E-state index in [2.05, 4.69) is 14.8 Å². The maximum absolute atomic E-state index is 13.2. The Bertz CT molecular complexity index is 1450. The van der Waals surface area contributed by atoms with Crippen molar-refractivity contribution in [2.24, 2.45) is 0 Å². The molecule has 0 atom stereocenters. The lowest BCUT2D eigenvalue weighted by molar-refractivity contribution is -0.113. The number of ether oxygens (including phenoxy) is 4. The number of imidazole rings is 1. The van der Waals surface area contributed by atoms with Crippen molar-refractivity contribution in [2.45, 2.75) is 19.0 Å².